The molecule has 2 amide bonds. The first-order chi connectivity index (χ1) is 24.8. The highest BCUT2D eigenvalue weighted by molar-refractivity contribution is 7.93. The summed E-state index contributed by atoms with van der Waals surface area (Å²) in [5, 5.41) is 7.01. The van der Waals surface area contributed by atoms with Gasteiger partial charge in [0, 0.05) is 49.3 Å². The Morgan fingerprint density at radius 3 is 2.36 bits per heavy atom. The molecule has 1 fully saturated rings. The number of hydrogen-bond acceptors (Lipinski definition) is 12. The van der Waals surface area contributed by atoms with Crippen molar-refractivity contribution in [3.05, 3.63) is 52.9 Å². The smallest absolute Gasteiger partial charge is 0.410 e. The van der Waals surface area contributed by atoms with Crippen molar-refractivity contribution in [3.63, 3.8) is 0 Å². The zero-order valence-corrected chi connectivity index (χ0v) is 33.7. The third-order valence-electron chi connectivity index (χ3n) is 8.02. The zero-order chi connectivity index (χ0) is 39.1. The van der Waals surface area contributed by atoms with Gasteiger partial charge in [0.1, 0.15) is 38.4 Å². The molecule has 0 saturated carbocycles. The van der Waals surface area contributed by atoms with Crippen LogP contribution >= 0.6 is 23.1 Å². The van der Waals surface area contributed by atoms with E-state index >= 15 is 4.39 Å². The van der Waals surface area contributed by atoms with E-state index in [1.54, 1.807) is 69.5 Å². The number of aromatic nitrogens is 2. The number of hydrogen-bond donors (Lipinski definition) is 1. The maximum atomic E-state index is 15.7. The molecule has 0 bridgehead atoms. The second-order valence-corrected chi connectivity index (χ2v) is 17.4. The number of carbonyl (C=O) groups excluding carboxylic acids is 2. The summed E-state index contributed by atoms with van der Waals surface area (Å²) in [6.45, 7) is 12.1. The predicted molar refractivity (Wildman–Crippen MR) is 201 cm³/mol. The van der Waals surface area contributed by atoms with Crippen LogP contribution in [0.15, 0.2) is 41.4 Å². The first-order valence-electron chi connectivity index (χ1n) is 17.0. The Kier molecular flexibility index (Phi) is 13.7. The van der Waals surface area contributed by atoms with Gasteiger partial charge in [-0.25, -0.2) is 26.7 Å². The van der Waals surface area contributed by atoms with Crippen LogP contribution < -0.4 is 19.1 Å². The topological polar surface area (TPSA) is 153 Å². The summed E-state index contributed by atoms with van der Waals surface area (Å²) in [6.07, 6.45) is 2.19. The number of anilines is 2. The second-order valence-electron chi connectivity index (χ2n) is 14.4. The number of benzene rings is 2. The zero-order valence-electron chi connectivity index (χ0n) is 31.3. The van der Waals surface area contributed by atoms with Crippen molar-refractivity contribution in [1.82, 2.24) is 19.4 Å². The molecule has 1 N–H and O–H groups in total. The van der Waals surface area contributed by atoms with E-state index in [4.69, 9.17) is 30.5 Å². The van der Waals surface area contributed by atoms with Crippen molar-refractivity contribution in [2.75, 3.05) is 50.0 Å². The van der Waals surface area contributed by atoms with E-state index in [0.29, 0.717) is 49.5 Å². The van der Waals surface area contributed by atoms with Gasteiger partial charge in [0.05, 0.1) is 43.7 Å². The van der Waals surface area contributed by atoms with Gasteiger partial charge in [0.2, 0.25) is 0 Å². The van der Waals surface area contributed by atoms with Crippen LogP contribution in [0.3, 0.4) is 0 Å². The number of nitrogens with one attached hydrogen (secondary N) is 1. The molecular formula is C35H48ClFN6O8S2. The van der Waals surface area contributed by atoms with Crippen molar-refractivity contribution >= 4 is 56.0 Å². The van der Waals surface area contributed by atoms with E-state index in [0.717, 1.165) is 34.4 Å². The molecule has 0 spiro atoms. The van der Waals surface area contributed by atoms with E-state index in [1.807, 2.05) is 0 Å². The number of nitrogens with zero attached hydrogens (tertiary/aromatic N) is 5. The minimum atomic E-state index is -4.51. The van der Waals surface area contributed by atoms with E-state index in [-0.39, 0.29) is 34.8 Å². The van der Waals surface area contributed by atoms with Gasteiger partial charge >= 0.3 is 12.2 Å². The van der Waals surface area contributed by atoms with Crippen molar-refractivity contribution < 1.29 is 41.3 Å². The van der Waals surface area contributed by atoms with Gasteiger partial charge in [-0.05, 0) is 85.1 Å². The van der Waals surface area contributed by atoms with Gasteiger partial charge in [0.25, 0.3) is 10.0 Å². The average Bonchev–Trinajstić information content (AvgIpc) is 3.58. The van der Waals surface area contributed by atoms with Crippen LogP contribution in [0.25, 0.3) is 0 Å². The lowest BCUT2D eigenvalue weighted by Crippen LogP contribution is -2.58. The lowest BCUT2D eigenvalue weighted by Gasteiger charge is -2.43. The molecular weight excluding hydrogens is 751 g/mol. The summed E-state index contributed by atoms with van der Waals surface area (Å²) >= 11 is 7.36. The Labute approximate surface area is 319 Å². The molecule has 0 aliphatic carbocycles. The minimum Gasteiger partial charge on any atom is -0.497 e. The van der Waals surface area contributed by atoms with Crippen LogP contribution in [0.4, 0.5) is 24.7 Å². The largest absolute Gasteiger partial charge is 0.497 e. The molecule has 292 valence electrons. The molecule has 1 saturated heterocycles. The Balaban J connectivity index is 1.42. The Hall–Kier alpha value is -4.09. The van der Waals surface area contributed by atoms with Crippen molar-refractivity contribution in [2.45, 2.75) is 89.5 Å². The normalized spacial score (nSPS) is 14.6. The van der Waals surface area contributed by atoms with Crippen LogP contribution in [-0.2, 0) is 26.0 Å². The third kappa shape index (κ3) is 11.2. The van der Waals surface area contributed by atoms with Gasteiger partial charge in [-0.2, -0.15) is 0 Å². The standard InChI is InChI=1S/C35H48ClFN6O8S2/c1-34(2,3)50-32(44)41(22-24-13-16-42(24)33(45)51-35(4,5)6)15-10-9-14-38-28-19-27(37)30(18-26(28)36)53(46,47)43(31-20-39-40-52-31)21-23-11-12-25(48-7)17-29(23)49-8/h11-12,17-20,24,38H,9-10,13-16,21-22H2,1-8H3. The predicted octanol–water partition coefficient (Wildman–Crippen LogP) is 7.18. The molecule has 1 aliphatic heterocycles. The number of methoxy groups -OCH3 is 2. The molecule has 1 unspecified atom stereocenters. The summed E-state index contributed by atoms with van der Waals surface area (Å²) in [5.41, 5.74) is -0.647. The lowest BCUT2D eigenvalue weighted by atomic mass is 10.0. The van der Waals surface area contributed by atoms with Gasteiger partial charge in [-0.15, -0.1) is 5.10 Å². The summed E-state index contributed by atoms with van der Waals surface area (Å²) in [5.74, 6) is -0.117. The van der Waals surface area contributed by atoms with E-state index in [9.17, 15) is 18.0 Å². The fraction of sp³-hybridized carbons (Fsp3) is 0.543. The van der Waals surface area contributed by atoms with Gasteiger partial charge in [-0.3, -0.25) is 0 Å². The summed E-state index contributed by atoms with van der Waals surface area (Å²) in [7, 11) is -1.56. The maximum Gasteiger partial charge on any atom is 0.410 e. The van der Waals surface area contributed by atoms with Crippen LogP contribution in [0, 0.1) is 5.82 Å². The maximum absolute atomic E-state index is 15.7. The summed E-state index contributed by atoms with van der Waals surface area (Å²) in [6, 6.07) is 6.85. The second kappa shape index (κ2) is 17.4. The molecule has 1 atom stereocenters. The Bertz CT molecular complexity index is 1840. The molecule has 1 aromatic heterocycles. The van der Waals surface area contributed by atoms with E-state index in [1.165, 1.54) is 20.4 Å². The van der Waals surface area contributed by atoms with Crippen LogP contribution in [0.2, 0.25) is 5.02 Å². The van der Waals surface area contributed by atoms with Gasteiger partial charge in [-0.1, -0.05) is 16.1 Å². The fourth-order valence-electron chi connectivity index (χ4n) is 5.35. The first kappa shape index (κ1) is 41.7. The SMILES string of the molecule is COc1ccc(CN(c2cnns2)S(=O)(=O)c2cc(Cl)c(NCCCCN(CC3CCN3C(=O)OC(C)(C)C)C(=O)OC(C)(C)C)cc2F)c(OC)c1. The van der Waals surface area contributed by atoms with Gasteiger partial charge < -0.3 is 34.1 Å². The summed E-state index contributed by atoms with van der Waals surface area (Å²) < 4.78 is 70.3. The molecule has 0 radical (unpaired) electrons. The van der Waals surface area contributed by atoms with E-state index in [2.05, 4.69) is 14.9 Å². The molecule has 2 heterocycles. The number of rotatable bonds is 15. The highest BCUT2D eigenvalue weighted by Gasteiger charge is 2.38. The molecule has 2 aromatic carbocycles. The Morgan fingerprint density at radius 1 is 1.06 bits per heavy atom. The number of likely N-dealkylation sites (tertiary alicyclic amines) is 1. The fourth-order valence-corrected chi connectivity index (χ4v) is 7.87. The number of carbonyl (C=O) groups is 2. The lowest BCUT2D eigenvalue weighted by molar-refractivity contribution is -0.0184. The average molecular weight is 799 g/mol. The number of halogens is 2. The molecule has 18 heteroatoms. The van der Waals surface area contributed by atoms with Crippen molar-refractivity contribution in [3.8, 4) is 11.5 Å². The molecule has 4 rings (SSSR count). The number of sulfonamides is 1. The monoisotopic (exact) mass is 798 g/mol. The van der Waals surface area contributed by atoms with Crippen LogP contribution in [0.5, 0.6) is 11.5 Å². The van der Waals surface area contributed by atoms with E-state index < -0.39 is 44.1 Å². The molecule has 14 nitrogen and oxygen atoms in total. The molecule has 1 aliphatic rings. The third-order valence-corrected chi connectivity index (χ3v) is 10.9. The minimum absolute atomic E-state index is 0.00279. The van der Waals surface area contributed by atoms with Crippen LogP contribution in [-0.4, -0.2) is 97.6 Å². The highest BCUT2D eigenvalue weighted by atomic mass is 35.5. The molecule has 3 aromatic rings. The van der Waals surface area contributed by atoms with Gasteiger partial charge in [0.15, 0.2) is 0 Å². The molecule has 53 heavy (non-hydrogen) atoms. The Morgan fingerprint density at radius 2 is 1.77 bits per heavy atom. The number of amides is 2. The number of ether oxygens (including phenoxy) is 4. The summed E-state index contributed by atoms with van der Waals surface area (Å²) in [4.78, 5) is 28.4. The first-order valence-corrected chi connectivity index (χ1v) is 19.6. The van der Waals surface area contributed by atoms with Crippen molar-refractivity contribution in [1.29, 1.82) is 0 Å². The number of unbranched alkanes of at least 4 members (excludes halogenated alkanes) is 1. The quantitative estimate of drug-likeness (QED) is 0.156. The highest BCUT2D eigenvalue weighted by Crippen LogP contribution is 2.35. The van der Waals surface area contributed by atoms with Crippen molar-refractivity contribution in [2.24, 2.45) is 0 Å². The van der Waals surface area contributed by atoms with Crippen LogP contribution in [0.1, 0.15) is 66.4 Å².